The summed E-state index contributed by atoms with van der Waals surface area (Å²) in [6, 6.07) is 15.3. The summed E-state index contributed by atoms with van der Waals surface area (Å²) in [6.07, 6.45) is -6.21. The van der Waals surface area contributed by atoms with Crippen molar-refractivity contribution >= 4 is 27.5 Å². The molecule has 0 bridgehead atoms. The van der Waals surface area contributed by atoms with Crippen molar-refractivity contribution in [1.29, 1.82) is 0 Å². The molecule has 0 saturated carbocycles. The van der Waals surface area contributed by atoms with Gasteiger partial charge in [-0.15, -0.1) is 11.3 Å². The van der Waals surface area contributed by atoms with Crippen LogP contribution in [0.3, 0.4) is 0 Å². The van der Waals surface area contributed by atoms with E-state index in [-0.39, 0.29) is 13.2 Å². The van der Waals surface area contributed by atoms with E-state index in [4.69, 9.17) is 4.74 Å². The number of hydrogen-bond acceptors (Lipinski definition) is 5. The zero-order valence-electron chi connectivity index (χ0n) is 15.5. The highest BCUT2D eigenvalue weighted by molar-refractivity contribution is 7.18. The molecule has 0 saturated heterocycles. The Morgan fingerprint density at radius 2 is 1.79 bits per heavy atom. The fourth-order valence-corrected chi connectivity index (χ4v) is 3.72. The highest BCUT2D eigenvalue weighted by Crippen LogP contribution is 2.44. The monoisotopic (exact) mass is 424 g/mol. The lowest BCUT2D eigenvalue weighted by molar-refractivity contribution is -0.268. The first kappa shape index (κ1) is 21.1. The highest BCUT2D eigenvalue weighted by Gasteiger charge is 2.58. The van der Waals surface area contributed by atoms with Crippen LogP contribution in [0.2, 0.25) is 0 Å². The summed E-state index contributed by atoms with van der Waals surface area (Å²) < 4.78 is 47.2. The van der Waals surface area contributed by atoms with Crippen molar-refractivity contribution in [1.82, 2.24) is 9.88 Å². The van der Waals surface area contributed by atoms with E-state index in [1.54, 1.807) is 48.5 Å². The molecule has 0 spiro atoms. The normalized spacial score (nSPS) is 13.8. The van der Waals surface area contributed by atoms with Crippen LogP contribution < -0.4 is 4.74 Å². The molecule has 3 rings (SSSR count). The first-order valence-electron chi connectivity index (χ1n) is 8.78. The molecular formula is C20H19F3N2O3S. The maximum Gasteiger partial charge on any atom is 0.424 e. The Morgan fingerprint density at radius 1 is 1.14 bits per heavy atom. The first-order valence-corrected chi connectivity index (χ1v) is 9.59. The minimum Gasteiger partial charge on any atom is -0.492 e. The summed E-state index contributed by atoms with van der Waals surface area (Å²) in [5, 5.41) is 9.94. The number of hydrogen-bond donors (Lipinski definition) is 1. The fraction of sp³-hybridized carbons (Fsp3) is 0.300. The number of aromatic nitrogens is 1. The number of carbonyl (C=O) groups is 1. The van der Waals surface area contributed by atoms with Crippen LogP contribution in [0.4, 0.5) is 13.2 Å². The van der Waals surface area contributed by atoms with Crippen LogP contribution in [0.1, 0.15) is 11.4 Å². The van der Waals surface area contributed by atoms with E-state index in [1.165, 1.54) is 7.05 Å². The molecule has 0 aliphatic heterocycles. The van der Waals surface area contributed by atoms with Crippen LogP contribution in [0.5, 0.6) is 5.75 Å². The number of ether oxygens (including phenoxy) is 1. The molecule has 1 aromatic heterocycles. The standard InChI is InChI=1S/C20H19F3N2O3S/c1-25(11-12-28-14-7-3-2-4-8-14)17(26)13-19(27,20(21,22)23)18-24-15-9-5-6-10-16(15)29-18/h2-10,27H,11-13H2,1H3. The number of rotatable bonds is 7. The van der Waals surface area contributed by atoms with E-state index >= 15 is 0 Å². The second kappa shape index (κ2) is 8.38. The van der Waals surface area contributed by atoms with Gasteiger partial charge in [-0.05, 0) is 24.3 Å². The van der Waals surface area contributed by atoms with Crippen LogP contribution in [0, 0.1) is 0 Å². The van der Waals surface area contributed by atoms with Gasteiger partial charge in [-0.25, -0.2) is 4.98 Å². The molecule has 2 aromatic carbocycles. The van der Waals surface area contributed by atoms with E-state index in [0.717, 1.165) is 16.2 Å². The smallest absolute Gasteiger partial charge is 0.424 e. The number of likely N-dealkylation sites (N-methyl/N-ethyl adjacent to an activating group) is 1. The molecule has 0 aliphatic rings. The van der Waals surface area contributed by atoms with Gasteiger partial charge in [0.2, 0.25) is 11.5 Å². The molecule has 1 unspecified atom stereocenters. The predicted octanol–water partition coefficient (Wildman–Crippen LogP) is 3.97. The number of nitrogens with zero attached hydrogens (tertiary/aromatic N) is 2. The van der Waals surface area contributed by atoms with Crippen molar-refractivity contribution in [3.63, 3.8) is 0 Å². The Bertz CT molecular complexity index is 945. The Balaban J connectivity index is 1.71. The van der Waals surface area contributed by atoms with Gasteiger partial charge in [0.1, 0.15) is 17.4 Å². The topological polar surface area (TPSA) is 62.7 Å². The van der Waals surface area contributed by atoms with E-state index in [1.807, 2.05) is 6.07 Å². The Labute approximate surface area is 169 Å². The minimum atomic E-state index is -5.06. The van der Waals surface area contributed by atoms with Gasteiger partial charge >= 0.3 is 6.18 Å². The van der Waals surface area contributed by atoms with Gasteiger partial charge in [0.15, 0.2) is 0 Å². The van der Waals surface area contributed by atoms with Crippen LogP contribution in [-0.2, 0) is 10.4 Å². The number of halogens is 3. The van der Waals surface area contributed by atoms with E-state index in [2.05, 4.69) is 4.98 Å². The molecule has 3 aromatic rings. The van der Waals surface area contributed by atoms with Gasteiger partial charge in [-0.2, -0.15) is 13.2 Å². The fourth-order valence-electron chi connectivity index (χ4n) is 2.64. The summed E-state index contributed by atoms with van der Waals surface area (Å²) in [4.78, 5) is 17.4. The third-order valence-electron chi connectivity index (χ3n) is 4.39. The van der Waals surface area contributed by atoms with E-state index < -0.39 is 29.1 Å². The van der Waals surface area contributed by atoms with Crippen molar-refractivity contribution < 1.29 is 27.8 Å². The van der Waals surface area contributed by atoms with Gasteiger partial charge in [0.25, 0.3) is 0 Å². The van der Waals surface area contributed by atoms with Crippen molar-refractivity contribution in [2.24, 2.45) is 0 Å². The lowest BCUT2D eigenvalue weighted by atomic mass is 9.99. The summed E-state index contributed by atoms with van der Waals surface area (Å²) in [5.41, 5.74) is -3.02. The first-order chi connectivity index (χ1) is 13.7. The molecule has 0 radical (unpaired) electrons. The van der Waals surface area contributed by atoms with Crippen molar-refractivity contribution in [2.75, 3.05) is 20.2 Å². The van der Waals surface area contributed by atoms with Crippen LogP contribution >= 0.6 is 11.3 Å². The minimum absolute atomic E-state index is 0.0709. The Kier molecular flexibility index (Phi) is 6.09. The summed E-state index contributed by atoms with van der Waals surface area (Å²) in [6.45, 7) is 0.180. The second-order valence-corrected chi connectivity index (χ2v) is 7.53. The number of benzene rings is 2. The number of thiazole rings is 1. The molecule has 154 valence electrons. The van der Waals surface area contributed by atoms with Crippen LogP contribution in [0.25, 0.3) is 10.2 Å². The van der Waals surface area contributed by atoms with Crippen molar-refractivity contribution in [3.05, 3.63) is 59.6 Å². The van der Waals surface area contributed by atoms with Gasteiger partial charge in [-0.1, -0.05) is 30.3 Å². The summed E-state index contributed by atoms with van der Waals surface area (Å²) in [7, 11) is 1.37. The van der Waals surface area contributed by atoms with E-state index in [0.29, 0.717) is 16.0 Å². The molecule has 9 heteroatoms. The third kappa shape index (κ3) is 4.68. The van der Waals surface area contributed by atoms with Gasteiger partial charge in [0, 0.05) is 7.05 Å². The molecule has 29 heavy (non-hydrogen) atoms. The molecular weight excluding hydrogens is 405 g/mol. The Hall–Kier alpha value is -2.65. The van der Waals surface area contributed by atoms with Crippen LogP contribution in [0.15, 0.2) is 54.6 Å². The van der Waals surface area contributed by atoms with E-state index in [9.17, 15) is 23.1 Å². The molecule has 1 N–H and O–H groups in total. The Morgan fingerprint density at radius 3 is 2.45 bits per heavy atom. The predicted molar refractivity (Wildman–Crippen MR) is 104 cm³/mol. The molecule has 0 aliphatic carbocycles. The lowest BCUT2D eigenvalue weighted by Crippen LogP contribution is -2.46. The SMILES string of the molecule is CN(CCOc1ccccc1)C(=O)CC(O)(c1nc2ccccc2s1)C(F)(F)F. The van der Waals surface area contributed by atoms with Gasteiger partial charge < -0.3 is 14.7 Å². The highest BCUT2D eigenvalue weighted by atomic mass is 32.1. The number of amides is 1. The third-order valence-corrected chi connectivity index (χ3v) is 5.58. The number of alkyl halides is 3. The molecule has 1 heterocycles. The maximum absolute atomic E-state index is 13.7. The number of carbonyl (C=O) groups excluding carboxylic acids is 1. The number of para-hydroxylation sites is 2. The number of fused-ring (bicyclic) bond motifs is 1. The van der Waals surface area contributed by atoms with Crippen LogP contribution in [-0.4, -0.2) is 47.3 Å². The molecule has 5 nitrogen and oxygen atoms in total. The second-order valence-electron chi connectivity index (χ2n) is 6.50. The summed E-state index contributed by atoms with van der Waals surface area (Å²) in [5.74, 6) is -0.268. The zero-order chi connectivity index (χ0) is 21.1. The largest absolute Gasteiger partial charge is 0.492 e. The molecule has 1 amide bonds. The van der Waals surface area contributed by atoms with Crippen molar-refractivity contribution in [3.8, 4) is 5.75 Å². The molecule has 0 fully saturated rings. The van der Waals surface area contributed by atoms with Crippen molar-refractivity contribution in [2.45, 2.75) is 18.2 Å². The molecule has 1 atom stereocenters. The van der Waals surface area contributed by atoms with Gasteiger partial charge in [-0.3, -0.25) is 4.79 Å². The summed E-state index contributed by atoms with van der Waals surface area (Å²) >= 11 is 0.723. The lowest BCUT2D eigenvalue weighted by Gasteiger charge is -2.29. The average Bonchev–Trinajstić information content (AvgIpc) is 3.12. The van der Waals surface area contributed by atoms with Gasteiger partial charge in [0.05, 0.1) is 23.2 Å². The average molecular weight is 424 g/mol. The zero-order valence-corrected chi connectivity index (χ0v) is 16.3. The number of aliphatic hydroxyl groups is 1. The maximum atomic E-state index is 13.7. The quantitative estimate of drug-likeness (QED) is 0.623.